The van der Waals surface area contributed by atoms with Gasteiger partial charge in [-0.25, -0.2) is 4.98 Å². The molecule has 0 saturated heterocycles. The van der Waals surface area contributed by atoms with Gasteiger partial charge in [-0.05, 0) is 25.5 Å². The lowest BCUT2D eigenvalue weighted by Crippen LogP contribution is -1.95. The molecule has 2 aromatic heterocycles. The molecule has 80 valence electrons. The molecule has 0 aliphatic heterocycles. The van der Waals surface area contributed by atoms with Crippen LogP contribution in [0.25, 0.3) is 0 Å². The van der Waals surface area contributed by atoms with E-state index in [1.165, 1.54) is 4.88 Å². The highest BCUT2D eigenvalue weighted by atomic mass is 32.1. The summed E-state index contributed by atoms with van der Waals surface area (Å²) in [5.74, 6) is 0. The second-order valence-electron chi connectivity index (χ2n) is 3.60. The van der Waals surface area contributed by atoms with E-state index in [9.17, 15) is 0 Å². The summed E-state index contributed by atoms with van der Waals surface area (Å²) in [5, 5.41) is 10.1. The van der Waals surface area contributed by atoms with E-state index in [0.29, 0.717) is 0 Å². The van der Waals surface area contributed by atoms with Crippen LogP contribution < -0.4 is 0 Å². The van der Waals surface area contributed by atoms with Crippen molar-refractivity contribution in [2.75, 3.05) is 0 Å². The van der Waals surface area contributed by atoms with Crippen molar-refractivity contribution in [2.45, 2.75) is 27.0 Å². The number of aromatic nitrogens is 2. The minimum Gasteiger partial charge on any atom is -0.392 e. The van der Waals surface area contributed by atoms with Crippen molar-refractivity contribution in [3.63, 3.8) is 0 Å². The molecular formula is C11H14N2OS. The molecule has 0 radical (unpaired) electrons. The second kappa shape index (κ2) is 4.16. The van der Waals surface area contributed by atoms with Gasteiger partial charge >= 0.3 is 0 Å². The molecule has 0 atom stereocenters. The molecule has 2 heterocycles. The summed E-state index contributed by atoms with van der Waals surface area (Å²) in [6.45, 7) is 5.01. The van der Waals surface area contributed by atoms with Gasteiger partial charge in [0.1, 0.15) is 5.01 Å². The number of aliphatic hydroxyl groups excluding tert-OH is 1. The smallest absolute Gasteiger partial charge is 0.113 e. The van der Waals surface area contributed by atoms with E-state index in [-0.39, 0.29) is 6.61 Å². The van der Waals surface area contributed by atoms with E-state index in [2.05, 4.69) is 11.9 Å². The molecule has 4 heteroatoms. The molecule has 2 aromatic rings. The van der Waals surface area contributed by atoms with Gasteiger partial charge in [-0.3, -0.25) is 0 Å². The number of nitrogens with zero attached hydrogens (tertiary/aromatic N) is 2. The number of aryl methyl sites for hydroxylation is 2. The molecule has 15 heavy (non-hydrogen) atoms. The molecule has 0 aromatic carbocycles. The maximum atomic E-state index is 8.94. The summed E-state index contributed by atoms with van der Waals surface area (Å²) < 4.78 is 2.04. The average Bonchev–Trinajstić information content (AvgIpc) is 2.76. The SMILES string of the molecule is Cc1nc(Cn2ccc(CO)c2)sc1C. The Balaban J connectivity index is 2.14. The lowest BCUT2D eigenvalue weighted by atomic mass is 10.4. The molecule has 0 amide bonds. The van der Waals surface area contributed by atoms with Crippen LogP contribution in [0.3, 0.4) is 0 Å². The molecule has 3 nitrogen and oxygen atoms in total. The van der Waals surface area contributed by atoms with Crippen molar-refractivity contribution >= 4 is 11.3 Å². The number of thiazole rings is 1. The fourth-order valence-corrected chi connectivity index (χ4v) is 2.39. The summed E-state index contributed by atoms with van der Waals surface area (Å²) in [4.78, 5) is 5.75. The van der Waals surface area contributed by atoms with Gasteiger partial charge in [0.05, 0.1) is 18.8 Å². The van der Waals surface area contributed by atoms with Crippen molar-refractivity contribution in [2.24, 2.45) is 0 Å². The topological polar surface area (TPSA) is 38.0 Å². The Morgan fingerprint density at radius 3 is 2.80 bits per heavy atom. The van der Waals surface area contributed by atoms with E-state index in [1.807, 2.05) is 30.0 Å². The molecule has 0 spiro atoms. The van der Waals surface area contributed by atoms with Crippen LogP contribution in [0.2, 0.25) is 0 Å². The van der Waals surface area contributed by atoms with Crippen molar-refractivity contribution in [1.82, 2.24) is 9.55 Å². The van der Waals surface area contributed by atoms with Crippen LogP contribution in [0.4, 0.5) is 0 Å². The number of rotatable bonds is 3. The first-order valence-corrected chi connectivity index (χ1v) is 5.69. The molecule has 0 unspecified atom stereocenters. The van der Waals surface area contributed by atoms with Gasteiger partial charge in [-0.15, -0.1) is 11.3 Å². The normalized spacial score (nSPS) is 10.9. The van der Waals surface area contributed by atoms with Crippen molar-refractivity contribution in [3.05, 3.63) is 39.6 Å². The molecule has 0 bridgehead atoms. The van der Waals surface area contributed by atoms with E-state index >= 15 is 0 Å². The summed E-state index contributed by atoms with van der Waals surface area (Å²) in [6, 6.07) is 1.92. The highest BCUT2D eigenvalue weighted by molar-refractivity contribution is 7.11. The van der Waals surface area contributed by atoms with Crippen molar-refractivity contribution < 1.29 is 5.11 Å². The summed E-state index contributed by atoms with van der Waals surface area (Å²) in [5.41, 5.74) is 2.06. The van der Waals surface area contributed by atoms with Crippen LogP contribution in [-0.4, -0.2) is 14.7 Å². The molecule has 2 rings (SSSR count). The monoisotopic (exact) mass is 222 g/mol. The summed E-state index contributed by atoms with van der Waals surface area (Å²) in [7, 11) is 0. The molecule has 0 aliphatic rings. The average molecular weight is 222 g/mol. The fraction of sp³-hybridized carbons (Fsp3) is 0.364. The van der Waals surface area contributed by atoms with E-state index in [1.54, 1.807) is 11.3 Å². The van der Waals surface area contributed by atoms with Gasteiger partial charge < -0.3 is 9.67 Å². The third-order valence-electron chi connectivity index (χ3n) is 2.38. The first-order chi connectivity index (χ1) is 7.19. The maximum Gasteiger partial charge on any atom is 0.113 e. The lowest BCUT2D eigenvalue weighted by molar-refractivity contribution is 0.282. The molecule has 0 fully saturated rings. The van der Waals surface area contributed by atoms with Crippen molar-refractivity contribution in [3.8, 4) is 0 Å². The second-order valence-corrected chi connectivity index (χ2v) is 4.89. The van der Waals surface area contributed by atoms with E-state index in [0.717, 1.165) is 22.8 Å². The third kappa shape index (κ3) is 2.27. The quantitative estimate of drug-likeness (QED) is 0.863. The van der Waals surface area contributed by atoms with Gasteiger partial charge in [0.2, 0.25) is 0 Å². The van der Waals surface area contributed by atoms with Crippen LogP contribution in [0.15, 0.2) is 18.5 Å². The third-order valence-corrected chi connectivity index (χ3v) is 3.44. The highest BCUT2D eigenvalue weighted by Crippen LogP contribution is 2.17. The number of hydrogen-bond donors (Lipinski definition) is 1. The Labute approximate surface area is 93.0 Å². The predicted molar refractivity (Wildman–Crippen MR) is 61.0 cm³/mol. The molecule has 1 N–H and O–H groups in total. The van der Waals surface area contributed by atoms with Gasteiger partial charge in [-0.1, -0.05) is 0 Å². The van der Waals surface area contributed by atoms with Crippen LogP contribution >= 0.6 is 11.3 Å². The zero-order chi connectivity index (χ0) is 10.8. The zero-order valence-electron chi connectivity index (χ0n) is 8.90. The minimum absolute atomic E-state index is 0.100. The largest absolute Gasteiger partial charge is 0.392 e. The Morgan fingerprint density at radius 2 is 2.27 bits per heavy atom. The Hall–Kier alpha value is -1.13. The first kappa shape index (κ1) is 10.4. The summed E-state index contributed by atoms with van der Waals surface area (Å²) in [6.07, 6.45) is 3.92. The van der Waals surface area contributed by atoms with E-state index < -0.39 is 0 Å². The molecule has 0 aliphatic carbocycles. The number of aliphatic hydroxyl groups is 1. The standard InChI is InChI=1S/C11H14N2OS/c1-8-9(2)15-11(12-8)6-13-4-3-10(5-13)7-14/h3-5,14H,6-7H2,1-2H3. The van der Waals surface area contributed by atoms with Gasteiger partial charge in [0.15, 0.2) is 0 Å². The predicted octanol–water partition coefficient (Wildman–Crippen LogP) is 2.10. The van der Waals surface area contributed by atoms with Crippen molar-refractivity contribution in [1.29, 1.82) is 0 Å². The Bertz CT molecular complexity index is 439. The van der Waals surface area contributed by atoms with Gasteiger partial charge in [0, 0.05) is 17.3 Å². The zero-order valence-corrected chi connectivity index (χ0v) is 9.71. The van der Waals surface area contributed by atoms with Crippen LogP contribution in [0.1, 0.15) is 21.1 Å². The van der Waals surface area contributed by atoms with Crippen LogP contribution in [0, 0.1) is 13.8 Å². The van der Waals surface area contributed by atoms with Gasteiger partial charge in [-0.2, -0.15) is 0 Å². The van der Waals surface area contributed by atoms with Crippen LogP contribution in [-0.2, 0) is 13.2 Å². The Kier molecular flexibility index (Phi) is 2.88. The minimum atomic E-state index is 0.100. The lowest BCUT2D eigenvalue weighted by Gasteiger charge is -1.97. The molecule has 0 saturated carbocycles. The van der Waals surface area contributed by atoms with Gasteiger partial charge in [0.25, 0.3) is 0 Å². The van der Waals surface area contributed by atoms with Crippen LogP contribution in [0.5, 0.6) is 0 Å². The molecular weight excluding hydrogens is 208 g/mol. The summed E-state index contributed by atoms with van der Waals surface area (Å²) >= 11 is 1.73. The Morgan fingerprint density at radius 1 is 1.47 bits per heavy atom. The maximum absolute atomic E-state index is 8.94. The number of hydrogen-bond acceptors (Lipinski definition) is 3. The van der Waals surface area contributed by atoms with E-state index in [4.69, 9.17) is 5.11 Å². The first-order valence-electron chi connectivity index (χ1n) is 4.87. The fourth-order valence-electron chi connectivity index (χ4n) is 1.45. The highest BCUT2D eigenvalue weighted by Gasteiger charge is 2.04.